The van der Waals surface area contributed by atoms with Crippen molar-refractivity contribution in [3.05, 3.63) is 36.7 Å². The Morgan fingerprint density at radius 1 is 1.19 bits per heavy atom. The molecule has 0 fully saturated rings. The summed E-state index contributed by atoms with van der Waals surface area (Å²) in [5, 5.41) is 0. The zero-order valence-corrected chi connectivity index (χ0v) is 12.3. The summed E-state index contributed by atoms with van der Waals surface area (Å²) in [5.41, 5.74) is 6.06. The van der Waals surface area contributed by atoms with Crippen LogP contribution in [0.4, 0.5) is 11.4 Å². The van der Waals surface area contributed by atoms with E-state index in [0.717, 1.165) is 0 Å². The Morgan fingerprint density at radius 3 is 2.57 bits per heavy atom. The first kappa shape index (κ1) is 14.9. The van der Waals surface area contributed by atoms with Crippen molar-refractivity contribution in [1.29, 1.82) is 0 Å². The molecule has 1 aromatic carbocycles. The third kappa shape index (κ3) is 3.16. The van der Waals surface area contributed by atoms with Crippen LogP contribution < -0.4 is 19.9 Å². The van der Waals surface area contributed by atoms with E-state index in [1.807, 2.05) is 0 Å². The van der Waals surface area contributed by atoms with E-state index in [2.05, 4.69) is 9.71 Å². The van der Waals surface area contributed by atoms with Crippen molar-refractivity contribution in [2.24, 2.45) is 0 Å². The lowest BCUT2D eigenvalue weighted by Gasteiger charge is -2.13. The quantitative estimate of drug-likeness (QED) is 0.867. The largest absolute Gasteiger partial charge is 0.497 e. The van der Waals surface area contributed by atoms with Gasteiger partial charge in [0.25, 0.3) is 10.0 Å². The second-order valence-corrected chi connectivity index (χ2v) is 5.74. The normalized spacial score (nSPS) is 11.0. The first-order valence-corrected chi connectivity index (χ1v) is 7.40. The van der Waals surface area contributed by atoms with Gasteiger partial charge in [-0.1, -0.05) is 0 Å². The van der Waals surface area contributed by atoms with Crippen LogP contribution in [0.3, 0.4) is 0 Å². The number of aromatic nitrogens is 1. The van der Waals surface area contributed by atoms with Gasteiger partial charge in [-0.2, -0.15) is 0 Å². The van der Waals surface area contributed by atoms with Gasteiger partial charge in [-0.3, -0.25) is 9.71 Å². The number of nitrogens with zero attached hydrogens (tertiary/aromatic N) is 1. The lowest BCUT2D eigenvalue weighted by molar-refractivity contribution is 0.395. The first-order valence-electron chi connectivity index (χ1n) is 5.92. The van der Waals surface area contributed by atoms with Gasteiger partial charge in [-0.25, -0.2) is 8.42 Å². The highest BCUT2D eigenvalue weighted by Gasteiger charge is 2.19. The number of nitrogens with two attached hydrogens (primary N) is 1. The van der Waals surface area contributed by atoms with E-state index in [1.54, 1.807) is 18.2 Å². The second-order valence-electron chi connectivity index (χ2n) is 4.09. The van der Waals surface area contributed by atoms with E-state index < -0.39 is 10.0 Å². The number of anilines is 2. The maximum atomic E-state index is 12.3. The van der Waals surface area contributed by atoms with Crippen molar-refractivity contribution in [1.82, 2.24) is 4.98 Å². The maximum absolute atomic E-state index is 12.3. The van der Waals surface area contributed by atoms with E-state index in [4.69, 9.17) is 15.2 Å². The average Bonchev–Trinajstić information content (AvgIpc) is 2.47. The summed E-state index contributed by atoms with van der Waals surface area (Å²) in [7, 11) is -0.910. The Balaban J connectivity index is 2.40. The Morgan fingerprint density at radius 2 is 1.95 bits per heavy atom. The summed E-state index contributed by atoms with van der Waals surface area (Å²) in [5.74, 6) is 0.885. The van der Waals surface area contributed by atoms with Gasteiger partial charge in [0.1, 0.15) is 16.4 Å². The van der Waals surface area contributed by atoms with Gasteiger partial charge in [-0.05, 0) is 18.2 Å². The first-order chi connectivity index (χ1) is 9.97. The zero-order valence-electron chi connectivity index (χ0n) is 11.5. The minimum atomic E-state index is -3.85. The fourth-order valence-electron chi connectivity index (χ4n) is 1.70. The van der Waals surface area contributed by atoms with E-state index in [0.29, 0.717) is 11.5 Å². The molecule has 0 saturated carbocycles. The van der Waals surface area contributed by atoms with Crippen LogP contribution in [-0.4, -0.2) is 27.6 Å². The van der Waals surface area contributed by atoms with Crippen LogP contribution in [0.2, 0.25) is 0 Å². The van der Waals surface area contributed by atoms with E-state index in [1.165, 1.54) is 32.7 Å². The topological polar surface area (TPSA) is 104 Å². The van der Waals surface area contributed by atoms with Crippen LogP contribution in [0.5, 0.6) is 11.5 Å². The highest BCUT2D eigenvalue weighted by molar-refractivity contribution is 7.92. The minimum Gasteiger partial charge on any atom is -0.497 e. The van der Waals surface area contributed by atoms with Gasteiger partial charge in [0.05, 0.1) is 25.6 Å². The van der Waals surface area contributed by atoms with Crippen LogP contribution in [0.1, 0.15) is 0 Å². The fraction of sp³-hybridized carbons (Fsp3) is 0.154. The molecular formula is C13H15N3O4S. The van der Waals surface area contributed by atoms with Gasteiger partial charge in [-0.15, -0.1) is 0 Å². The third-order valence-electron chi connectivity index (χ3n) is 2.76. The number of ether oxygens (including phenoxy) is 2. The molecule has 0 saturated heterocycles. The zero-order chi connectivity index (χ0) is 15.5. The molecule has 21 heavy (non-hydrogen) atoms. The molecule has 0 spiro atoms. The van der Waals surface area contributed by atoms with Crippen molar-refractivity contribution >= 4 is 21.4 Å². The molecule has 2 aromatic rings. The molecule has 1 heterocycles. The standard InChI is InChI=1S/C13H15N3O4S/c1-19-9-3-4-11(12(7-9)20-2)16-21(17,18)13-8-15-6-5-10(13)14/h3-8,16H,1-2H3,(H2,14,15). The maximum Gasteiger partial charge on any atom is 0.265 e. The number of methoxy groups -OCH3 is 2. The summed E-state index contributed by atoms with van der Waals surface area (Å²) >= 11 is 0. The molecule has 8 heteroatoms. The van der Waals surface area contributed by atoms with Crippen LogP contribution in [0, 0.1) is 0 Å². The fourth-order valence-corrected chi connectivity index (χ4v) is 2.84. The summed E-state index contributed by atoms with van der Waals surface area (Å²) < 4.78 is 37.3. The molecule has 7 nitrogen and oxygen atoms in total. The number of hydrogen-bond donors (Lipinski definition) is 2. The van der Waals surface area contributed by atoms with E-state index >= 15 is 0 Å². The van der Waals surface area contributed by atoms with Gasteiger partial charge < -0.3 is 15.2 Å². The molecule has 0 unspecified atom stereocenters. The third-order valence-corrected chi connectivity index (χ3v) is 4.17. The smallest absolute Gasteiger partial charge is 0.265 e. The van der Waals surface area contributed by atoms with Crippen LogP contribution in [0.15, 0.2) is 41.6 Å². The summed E-state index contributed by atoms with van der Waals surface area (Å²) in [6, 6.07) is 6.15. The molecule has 3 N–H and O–H groups in total. The Bertz CT molecular complexity index is 747. The van der Waals surface area contributed by atoms with Gasteiger partial charge in [0, 0.05) is 18.5 Å². The molecule has 0 atom stereocenters. The summed E-state index contributed by atoms with van der Waals surface area (Å²) in [6.45, 7) is 0. The van der Waals surface area contributed by atoms with E-state index in [-0.39, 0.29) is 16.3 Å². The molecule has 1 aromatic heterocycles. The number of sulfonamides is 1. The predicted molar refractivity (Wildman–Crippen MR) is 79.0 cm³/mol. The molecule has 0 aliphatic rings. The molecule has 0 aliphatic carbocycles. The highest BCUT2D eigenvalue weighted by Crippen LogP contribution is 2.31. The Hall–Kier alpha value is -2.48. The van der Waals surface area contributed by atoms with Gasteiger partial charge >= 0.3 is 0 Å². The van der Waals surface area contributed by atoms with Gasteiger partial charge in [0.2, 0.25) is 0 Å². The number of rotatable bonds is 5. The number of hydrogen-bond acceptors (Lipinski definition) is 6. The molecule has 112 valence electrons. The number of benzene rings is 1. The Labute approximate surface area is 122 Å². The molecule has 0 radical (unpaired) electrons. The lowest BCUT2D eigenvalue weighted by Crippen LogP contribution is -2.15. The van der Waals surface area contributed by atoms with E-state index in [9.17, 15) is 8.42 Å². The van der Waals surface area contributed by atoms with Gasteiger partial charge in [0.15, 0.2) is 0 Å². The average molecular weight is 309 g/mol. The van der Waals surface area contributed by atoms with Crippen LogP contribution >= 0.6 is 0 Å². The number of nitrogen functional groups attached to an aromatic ring is 1. The van der Waals surface area contributed by atoms with Crippen molar-refractivity contribution in [2.45, 2.75) is 4.90 Å². The molecule has 2 rings (SSSR count). The Kier molecular flexibility index (Phi) is 4.18. The number of pyridine rings is 1. The number of nitrogens with one attached hydrogen (secondary N) is 1. The SMILES string of the molecule is COc1ccc(NS(=O)(=O)c2cnccc2N)c(OC)c1. The molecular weight excluding hydrogens is 294 g/mol. The molecule has 0 aliphatic heterocycles. The van der Waals surface area contributed by atoms with Crippen molar-refractivity contribution in [3.8, 4) is 11.5 Å². The summed E-state index contributed by atoms with van der Waals surface area (Å²) in [6.07, 6.45) is 2.61. The monoisotopic (exact) mass is 309 g/mol. The van der Waals surface area contributed by atoms with Crippen LogP contribution in [-0.2, 0) is 10.0 Å². The minimum absolute atomic E-state index is 0.0946. The lowest BCUT2D eigenvalue weighted by atomic mass is 10.3. The molecule has 0 amide bonds. The predicted octanol–water partition coefficient (Wildman–Crippen LogP) is 1.48. The van der Waals surface area contributed by atoms with Crippen molar-refractivity contribution in [2.75, 3.05) is 24.7 Å². The highest BCUT2D eigenvalue weighted by atomic mass is 32.2. The summed E-state index contributed by atoms with van der Waals surface area (Å²) in [4.78, 5) is 3.68. The molecule has 0 bridgehead atoms. The van der Waals surface area contributed by atoms with Crippen LogP contribution in [0.25, 0.3) is 0 Å². The van der Waals surface area contributed by atoms with Crippen molar-refractivity contribution < 1.29 is 17.9 Å². The second kappa shape index (κ2) is 5.88. The van der Waals surface area contributed by atoms with Crippen molar-refractivity contribution in [3.63, 3.8) is 0 Å².